The van der Waals surface area contributed by atoms with Crippen LogP contribution >= 0.6 is 0 Å². The third kappa shape index (κ3) is 4.04. The summed E-state index contributed by atoms with van der Waals surface area (Å²) >= 11 is 0. The molecule has 0 aromatic carbocycles. The Balaban J connectivity index is 2.17. The molecule has 0 aromatic heterocycles. The molecule has 1 aliphatic rings. The molecular weight excluding hydrogens is 166 g/mol. The summed E-state index contributed by atoms with van der Waals surface area (Å²) in [5.41, 5.74) is 0. The van der Waals surface area contributed by atoms with E-state index in [0.717, 1.165) is 26.2 Å². The van der Waals surface area contributed by atoms with Crippen LogP contribution in [-0.2, 0) is 0 Å². The minimum Gasteiger partial charge on any atom is -0.392 e. The van der Waals surface area contributed by atoms with Crippen molar-refractivity contribution in [2.24, 2.45) is 0 Å². The zero-order valence-electron chi connectivity index (χ0n) is 8.58. The van der Waals surface area contributed by atoms with Crippen molar-refractivity contribution in [2.75, 3.05) is 32.7 Å². The Labute approximate surface area is 80.3 Å². The van der Waals surface area contributed by atoms with Crippen LogP contribution in [0.4, 0.5) is 0 Å². The fourth-order valence-corrected chi connectivity index (χ4v) is 1.54. The molecule has 1 rings (SSSR count). The highest BCUT2D eigenvalue weighted by molar-refractivity contribution is 4.72. The number of nitrogens with zero attached hydrogens (tertiary/aromatic N) is 1. The molecule has 0 radical (unpaired) electrons. The molecule has 0 aromatic rings. The van der Waals surface area contributed by atoms with Crippen molar-refractivity contribution < 1.29 is 5.11 Å². The normalized spacial score (nSPS) is 24.2. The highest BCUT2D eigenvalue weighted by Gasteiger charge is 2.15. The van der Waals surface area contributed by atoms with E-state index in [1.807, 2.05) is 0 Å². The SMILES string of the molecule is CC(O)CNC(C)N1CCNCC1. The lowest BCUT2D eigenvalue weighted by Crippen LogP contribution is -2.53. The number of nitrogens with one attached hydrogen (secondary N) is 2. The fourth-order valence-electron chi connectivity index (χ4n) is 1.54. The molecule has 78 valence electrons. The van der Waals surface area contributed by atoms with E-state index in [1.54, 1.807) is 6.92 Å². The molecule has 13 heavy (non-hydrogen) atoms. The minimum atomic E-state index is -0.259. The van der Waals surface area contributed by atoms with E-state index in [1.165, 1.54) is 0 Å². The summed E-state index contributed by atoms with van der Waals surface area (Å²) in [5, 5.41) is 15.7. The van der Waals surface area contributed by atoms with Gasteiger partial charge in [0.25, 0.3) is 0 Å². The Morgan fingerprint density at radius 2 is 2.00 bits per heavy atom. The van der Waals surface area contributed by atoms with Gasteiger partial charge in [-0.2, -0.15) is 0 Å². The maximum absolute atomic E-state index is 9.11. The summed E-state index contributed by atoms with van der Waals surface area (Å²) in [5.74, 6) is 0. The van der Waals surface area contributed by atoms with E-state index in [-0.39, 0.29) is 6.10 Å². The van der Waals surface area contributed by atoms with E-state index in [2.05, 4.69) is 22.5 Å². The van der Waals surface area contributed by atoms with Gasteiger partial charge in [-0.1, -0.05) is 0 Å². The molecule has 2 unspecified atom stereocenters. The van der Waals surface area contributed by atoms with Gasteiger partial charge in [-0.25, -0.2) is 0 Å². The lowest BCUT2D eigenvalue weighted by molar-refractivity contribution is 0.129. The van der Waals surface area contributed by atoms with E-state index >= 15 is 0 Å². The Morgan fingerprint density at radius 3 is 2.54 bits per heavy atom. The predicted molar refractivity (Wildman–Crippen MR) is 53.6 cm³/mol. The molecule has 2 atom stereocenters. The van der Waals surface area contributed by atoms with Gasteiger partial charge in [0, 0.05) is 32.7 Å². The van der Waals surface area contributed by atoms with Gasteiger partial charge in [0.2, 0.25) is 0 Å². The van der Waals surface area contributed by atoms with Crippen LogP contribution in [0, 0.1) is 0 Å². The summed E-state index contributed by atoms with van der Waals surface area (Å²) in [6.07, 6.45) is 0.113. The number of aliphatic hydroxyl groups excluding tert-OH is 1. The van der Waals surface area contributed by atoms with Crippen molar-refractivity contribution in [3.63, 3.8) is 0 Å². The molecule has 4 nitrogen and oxygen atoms in total. The monoisotopic (exact) mass is 187 g/mol. The molecule has 0 spiro atoms. The maximum atomic E-state index is 9.11. The van der Waals surface area contributed by atoms with Crippen molar-refractivity contribution in [3.05, 3.63) is 0 Å². The van der Waals surface area contributed by atoms with Gasteiger partial charge in [0.05, 0.1) is 12.3 Å². The zero-order chi connectivity index (χ0) is 9.68. The smallest absolute Gasteiger partial charge is 0.0637 e. The van der Waals surface area contributed by atoms with E-state index < -0.39 is 0 Å². The topological polar surface area (TPSA) is 47.5 Å². The van der Waals surface area contributed by atoms with Crippen LogP contribution in [0.15, 0.2) is 0 Å². The van der Waals surface area contributed by atoms with Crippen LogP contribution in [0.1, 0.15) is 13.8 Å². The predicted octanol–water partition coefficient (Wildman–Crippen LogP) is -0.792. The van der Waals surface area contributed by atoms with Crippen LogP contribution in [0.5, 0.6) is 0 Å². The van der Waals surface area contributed by atoms with Gasteiger partial charge in [-0.15, -0.1) is 0 Å². The van der Waals surface area contributed by atoms with E-state index in [0.29, 0.717) is 12.7 Å². The highest BCUT2D eigenvalue weighted by Crippen LogP contribution is 1.97. The first-order valence-corrected chi connectivity index (χ1v) is 5.06. The Morgan fingerprint density at radius 1 is 1.38 bits per heavy atom. The van der Waals surface area contributed by atoms with Crippen LogP contribution in [0.25, 0.3) is 0 Å². The number of rotatable bonds is 4. The molecule has 0 saturated carbocycles. The Kier molecular flexibility index (Phi) is 4.66. The lowest BCUT2D eigenvalue weighted by atomic mass is 10.3. The molecule has 1 aliphatic heterocycles. The summed E-state index contributed by atoms with van der Waals surface area (Å²) in [7, 11) is 0. The Bertz CT molecular complexity index is 135. The second-order valence-corrected chi connectivity index (χ2v) is 3.72. The van der Waals surface area contributed by atoms with Gasteiger partial charge in [0.15, 0.2) is 0 Å². The highest BCUT2D eigenvalue weighted by atomic mass is 16.3. The molecule has 1 saturated heterocycles. The van der Waals surface area contributed by atoms with Gasteiger partial charge in [0.1, 0.15) is 0 Å². The molecular formula is C9H21N3O. The second-order valence-electron chi connectivity index (χ2n) is 3.72. The average molecular weight is 187 g/mol. The third-order valence-corrected chi connectivity index (χ3v) is 2.41. The molecule has 0 aliphatic carbocycles. The van der Waals surface area contributed by atoms with Crippen molar-refractivity contribution in [2.45, 2.75) is 26.1 Å². The quantitative estimate of drug-likeness (QED) is 0.540. The molecule has 0 amide bonds. The molecule has 1 heterocycles. The summed E-state index contributed by atoms with van der Waals surface area (Å²) < 4.78 is 0. The number of aliphatic hydroxyl groups is 1. The molecule has 0 bridgehead atoms. The lowest BCUT2D eigenvalue weighted by Gasteiger charge is -2.33. The zero-order valence-corrected chi connectivity index (χ0v) is 8.58. The average Bonchev–Trinajstić information content (AvgIpc) is 2.15. The van der Waals surface area contributed by atoms with Crippen molar-refractivity contribution in [1.82, 2.24) is 15.5 Å². The first kappa shape index (κ1) is 10.9. The van der Waals surface area contributed by atoms with Gasteiger partial charge in [-0.3, -0.25) is 10.2 Å². The van der Waals surface area contributed by atoms with Crippen molar-refractivity contribution >= 4 is 0 Å². The summed E-state index contributed by atoms with van der Waals surface area (Å²) in [6, 6.07) is 0. The molecule has 4 heteroatoms. The van der Waals surface area contributed by atoms with Crippen LogP contribution < -0.4 is 10.6 Å². The van der Waals surface area contributed by atoms with Crippen molar-refractivity contribution in [3.8, 4) is 0 Å². The van der Waals surface area contributed by atoms with Gasteiger partial charge < -0.3 is 10.4 Å². The van der Waals surface area contributed by atoms with Crippen LogP contribution in [0.2, 0.25) is 0 Å². The number of hydrogen-bond donors (Lipinski definition) is 3. The van der Waals surface area contributed by atoms with E-state index in [4.69, 9.17) is 5.11 Å². The van der Waals surface area contributed by atoms with Gasteiger partial charge in [-0.05, 0) is 13.8 Å². The first-order chi connectivity index (χ1) is 6.20. The van der Waals surface area contributed by atoms with Crippen LogP contribution in [-0.4, -0.2) is 55.0 Å². The molecule has 3 N–H and O–H groups in total. The Hall–Kier alpha value is -0.160. The fraction of sp³-hybridized carbons (Fsp3) is 1.00. The standard InChI is InChI=1S/C9H21N3O/c1-8(13)7-11-9(2)12-5-3-10-4-6-12/h8-11,13H,3-7H2,1-2H3. The van der Waals surface area contributed by atoms with Crippen molar-refractivity contribution in [1.29, 1.82) is 0 Å². The van der Waals surface area contributed by atoms with Gasteiger partial charge >= 0.3 is 0 Å². The molecule has 1 fully saturated rings. The number of hydrogen-bond acceptors (Lipinski definition) is 4. The first-order valence-electron chi connectivity index (χ1n) is 5.06. The van der Waals surface area contributed by atoms with Crippen LogP contribution in [0.3, 0.4) is 0 Å². The summed E-state index contributed by atoms with van der Waals surface area (Å²) in [6.45, 7) is 8.94. The second kappa shape index (κ2) is 5.54. The largest absolute Gasteiger partial charge is 0.392 e. The summed E-state index contributed by atoms with van der Waals surface area (Å²) in [4.78, 5) is 2.39. The number of piperazine rings is 1. The maximum Gasteiger partial charge on any atom is 0.0637 e. The van der Waals surface area contributed by atoms with E-state index in [9.17, 15) is 0 Å². The minimum absolute atomic E-state index is 0.259. The third-order valence-electron chi connectivity index (χ3n) is 2.41.